The molecule has 0 saturated carbocycles. The van der Waals surface area contributed by atoms with Gasteiger partial charge < -0.3 is 9.47 Å². The van der Waals surface area contributed by atoms with E-state index in [1.54, 1.807) is 11.3 Å². The molecule has 1 aromatic carbocycles. The van der Waals surface area contributed by atoms with Crippen LogP contribution in [0.1, 0.15) is 28.2 Å². The lowest BCUT2D eigenvalue weighted by Crippen LogP contribution is -2.36. The lowest BCUT2D eigenvalue weighted by Gasteiger charge is -2.25. The Bertz CT molecular complexity index is 1030. The highest BCUT2D eigenvalue weighted by Gasteiger charge is 2.24. The van der Waals surface area contributed by atoms with Gasteiger partial charge in [0.1, 0.15) is 16.4 Å². The number of hydrogen-bond donors (Lipinski definition) is 0. The number of fused-ring (bicyclic) bond motifs is 3. The number of rotatable bonds is 4. The molecule has 0 amide bonds. The van der Waals surface area contributed by atoms with Crippen LogP contribution in [0, 0.1) is 6.92 Å². The zero-order valence-electron chi connectivity index (χ0n) is 15.8. The molecule has 1 fully saturated rings. The second kappa shape index (κ2) is 7.59. The van der Waals surface area contributed by atoms with Gasteiger partial charge in [0.05, 0.1) is 30.2 Å². The van der Waals surface area contributed by atoms with Crippen molar-refractivity contribution < 1.29 is 9.47 Å². The number of halogens is 1. The third-order valence-corrected chi connectivity index (χ3v) is 6.84. The van der Waals surface area contributed by atoms with Gasteiger partial charge in [0.25, 0.3) is 0 Å². The van der Waals surface area contributed by atoms with Crippen LogP contribution in [0.3, 0.4) is 0 Å². The van der Waals surface area contributed by atoms with Crippen molar-refractivity contribution in [1.29, 1.82) is 0 Å². The summed E-state index contributed by atoms with van der Waals surface area (Å²) in [6.45, 7) is 6.07. The Morgan fingerprint density at radius 1 is 1.21 bits per heavy atom. The van der Waals surface area contributed by atoms with E-state index in [2.05, 4.69) is 4.90 Å². The topological polar surface area (TPSA) is 47.5 Å². The van der Waals surface area contributed by atoms with E-state index in [-0.39, 0.29) is 0 Å². The Kier molecular flexibility index (Phi) is 4.97. The molecule has 3 aromatic rings. The largest absolute Gasteiger partial charge is 0.437 e. The van der Waals surface area contributed by atoms with Crippen molar-refractivity contribution in [3.63, 3.8) is 0 Å². The van der Waals surface area contributed by atoms with Crippen LogP contribution in [0.2, 0.25) is 5.02 Å². The first kappa shape index (κ1) is 18.3. The minimum Gasteiger partial charge on any atom is -0.437 e. The van der Waals surface area contributed by atoms with E-state index >= 15 is 0 Å². The number of ether oxygens (including phenoxy) is 2. The van der Waals surface area contributed by atoms with Gasteiger partial charge in [-0.1, -0.05) is 17.7 Å². The van der Waals surface area contributed by atoms with E-state index in [1.807, 2.05) is 25.1 Å². The molecule has 5 nitrogen and oxygen atoms in total. The standard InChI is InChI=1S/C21H22ClN3O2S/c1-13-5-6-15(22)16(11-13)27-20-19-14-3-2-4-17(14)28-21(19)24-18(23-20)12-25-7-9-26-10-8-25/h5-6,11H,2-4,7-10,12H2,1H3. The van der Waals surface area contributed by atoms with Crippen molar-refractivity contribution in [2.75, 3.05) is 26.3 Å². The fourth-order valence-electron chi connectivity index (χ4n) is 3.90. The molecule has 3 heterocycles. The summed E-state index contributed by atoms with van der Waals surface area (Å²) in [7, 11) is 0. The maximum Gasteiger partial charge on any atom is 0.231 e. The number of benzene rings is 1. The molecule has 7 heteroatoms. The minimum atomic E-state index is 0.596. The number of morpholine rings is 1. The van der Waals surface area contributed by atoms with Crippen molar-refractivity contribution in [2.24, 2.45) is 0 Å². The van der Waals surface area contributed by atoms with Gasteiger partial charge >= 0.3 is 0 Å². The first-order chi connectivity index (χ1) is 13.7. The summed E-state index contributed by atoms with van der Waals surface area (Å²) in [5.74, 6) is 2.09. The average molecular weight is 416 g/mol. The average Bonchev–Trinajstić information content (AvgIpc) is 3.26. The second-order valence-corrected chi connectivity index (χ2v) is 8.90. The Balaban J connectivity index is 1.57. The molecule has 1 saturated heterocycles. The second-order valence-electron chi connectivity index (χ2n) is 7.41. The van der Waals surface area contributed by atoms with Crippen LogP contribution in [-0.4, -0.2) is 41.2 Å². The monoisotopic (exact) mass is 415 g/mol. The SMILES string of the molecule is Cc1ccc(Cl)c(Oc2nc(CN3CCOCC3)nc3sc4c(c23)CCC4)c1. The molecule has 28 heavy (non-hydrogen) atoms. The predicted octanol–water partition coefficient (Wildman–Crippen LogP) is 4.77. The summed E-state index contributed by atoms with van der Waals surface area (Å²) in [5.41, 5.74) is 2.46. The molecule has 1 aliphatic heterocycles. The van der Waals surface area contributed by atoms with Crippen molar-refractivity contribution in [3.8, 4) is 11.6 Å². The van der Waals surface area contributed by atoms with Crippen molar-refractivity contribution in [2.45, 2.75) is 32.7 Å². The fraction of sp³-hybridized carbons (Fsp3) is 0.429. The molecule has 0 bridgehead atoms. The molecule has 0 unspecified atom stereocenters. The van der Waals surface area contributed by atoms with Crippen molar-refractivity contribution >= 4 is 33.2 Å². The normalized spacial score (nSPS) is 17.2. The summed E-state index contributed by atoms with van der Waals surface area (Å²) < 4.78 is 11.8. The summed E-state index contributed by atoms with van der Waals surface area (Å²) in [6.07, 6.45) is 3.39. The van der Waals surface area contributed by atoms with E-state index in [0.29, 0.717) is 23.2 Å². The summed E-state index contributed by atoms with van der Waals surface area (Å²) >= 11 is 8.18. The Hall–Kier alpha value is -1.73. The number of thiophene rings is 1. The Morgan fingerprint density at radius 3 is 2.93 bits per heavy atom. The van der Waals surface area contributed by atoms with Gasteiger partial charge in [-0.15, -0.1) is 11.3 Å². The van der Waals surface area contributed by atoms with E-state index < -0.39 is 0 Å². The Morgan fingerprint density at radius 2 is 2.07 bits per heavy atom. The zero-order valence-corrected chi connectivity index (χ0v) is 17.4. The molecular weight excluding hydrogens is 394 g/mol. The third kappa shape index (κ3) is 3.50. The highest BCUT2D eigenvalue weighted by atomic mass is 35.5. The molecule has 2 aromatic heterocycles. The molecule has 146 valence electrons. The van der Waals surface area contributed by atoms with Gasteiger partial charge in [-0.05, 0) is 49.4 Å². The van der Waals surface area contributed by atoms with E-state index in [1.165, 1.54) is 16.9 Å². The molecule has 0 radical (unpaired) electrons. The van der Waals surface area contributed by atoms with E-state index in [0.717, 1.165) is 60.7 Å². The quantitative estimate of drug-likeness (QED) is 0.614. The summed E-state index contributed by atoms with van der Waals surface area (Å²) in [6, 6.07) is 5.82. The lowest BCUT2D eigenvalue weighted by molar-refractivity contribution is 0.0330. The van der Waals surface area contributed by atoms with Crippen molar-refractivity contribution in [1.82, 2.24) is 14.9 Å². The van der Waals surface area contributed by atoms with Gasteiger partial charge in [-0.2, -0.15) is 4.98 Å². The highest BCUT2D eigenvalue weighted by molar-refractivity contribution is 7.19. The van der Waals surface area contributed by atoms with Crippen LogP contribution in [-0.2, 0) is 24.1 Å². The van der Waals surface area contributed by atoms with Crippen LogP contribution < -0.4 is 4.74 Å². The van der Waals surface area contributed by atoms with Gasteiger partial charge in [0.2, 0.25) is 5.88 Å². The number of hydrogen-bond acceptors (Lipinski definition) is 6. The Labute approximate surface area is 173 Å². The van der Waals surface area contributed by atoms with Crippen LogP contribution in [0.5, 0.6) is 11.6 Å². The van der Waals surface area contributed by atoms with Crippen LogP contribution >= 0.6 is 22.9 Å². The van der Waals surface area contributed by atoms with Gasteiger partial charge in [0.15, 0.2) is 0 Å². The van der Waals surface area contributed by atoms with E-state index in [9.17, 15) is 0 Å². The van der Waals surface area contributed by atoms with Crippen LogP contribution in [0.15, 0.2) is 18.2 Å². The summed E-state index contributed by atoms with van der Waals surface area (Å²) in [5, 5.41) is 1.67. The first-order valence-corrected chi connectivity index (χ1v) is 10.9. The molecule has 0 atom stereocenters. The lowest BCUT2D eigenvalue weighted by atomic mass is 10.2. The minimum absolute atomic E-state index is 0.596. The van der Waals surface area contributed by atoms with Gasteiger partial charge in [-0.3, -0.25) is 4.90 Å². The molecule has 0 N–H and O–H groups in total. The molecule has 5 rings (SSSR count). The molecular formula is C21H22ClN3O2S. The van der Waals surface area contributed by atoms with E-state index in [4.69, 9.17) is 31.0 Å². The number of aryl methyl sites for hydroxylation is 3. The van der Waals surface area contributed by atoms with Gasteiger partial charge in [-0.25, -0.2) is 4.98 Å². The zero-order chi connectivity index (χ0) is 19.1. The third-order valence-electron chi connectivity index (χ3n) is 5.34. The number of aromatic nitrogens is 2. The predicted molar refractivity (Wildman–Crippen MR) is 112 cm³/mol. The molecule has 1 aliphatic carbocycles. The van der Waals surface area contributed by atoms with Crippen molar-refractivity contribution in [3.05, 3.63) is 45.1 Å². The maximum atomic E-state index is 6.40. The fourth-order valence-corrected chi connectivity index (χ4v) is 5.33. The highest BCUT2D eigenvalue weighted by Crippen LogP contribution is 2.42. The molecule has 0 spiro atoms. The summed E-state index contributed by atoms with van der Waals surface area (Å²) in [4.78, 5) is 14.5. The maximum absolute atomic E-state index is 6.40. The number of nitrogens with zero attached hydrogens (tertiary/aromatic N) is 3. The van der Waals surface area contributed by atoms with Gasteiger partial charge in [0, 0.05) is 18.0 Å². The van der Waals surface area contributed by atoms with Crippen LogP contribution in [0.25, 0.3) is 10.2 Å². The molecule has 2 aliphatic rings. The smallest absolute Gasteiger partial charge is 0.231 e. The first-order valence-electron chi connectivity index (χ1n) is 9.72. The van der Waals surface area contributed by atoms with Crippen LogP contribution in [0.4, 0.5) is 0 Å².